The first-order valence-corrected chi connectivity index (χ1v) is 10.0. The molecule has 4 aromatic rings. The van der Waals surface area contributed by atoms with Crippen molar-refractivity contribution in [3.8, 4) is 0 Å². The van der Waals surface area contributed by atoms with E-state index in [9.17, 15) is 9.18 Å². The first kappa shape index (κ1) is 19.1. The number of para-hydroxylation sites is 2. The number of aromatic amines is 1. The number of aryl methyl sites for hydroxylation is 2. The van der Waals surface area contributed by atoms with Crippen LogP contribution in [0.5, 0.6) is 0 Å². The van der Waals surface area contributed by atoms with Crippen molar-refractivity contribution < 1.29 is 13.7 Å². The van der Waals surface area contributed by atoms with Gasteiger partial charge in [0, 0.05) is 18.5 Å². The summed E-state index contributed by atoms with van der Waals surface area (Å²) in [5.74, 6) is 0.913. The summed E-state index contributed by atoms with van der Waals surface area (Å²) in [5.41, 5.74) is 3.14. The van der Waals surface area contributed by atoms with Crippen LogP contribution in [-0.2, 0) is 17.0 Å². The molecule has 7 nitrogen and oxygen atoms in total. The maximum absolute atomic E-state index is 13.1. The van der Waals surface area contributed by atoms with Crippen LogP contribution < -0.4 is 5.32 Å². The highest BCUT2D eigenvalue weighted by atomic mass is 32.2. The van der Waals surface area contributed by atoms with Crippen LogP contribution in [0.25, 0.3) is 11.0 Å². The molecule has 0 aliphatic carbocycles. The molecule has 0 unspecified atom stereocenters. The molecule has 148 valence electrons. The van der Waals surface area contributed by atoms with Gasteiger partial charge in [0.25, 0.3) is 0 Å². The summed E-state index contributed by atoms with van der Waals surface area (Å²) in [7, 11) is 0. The van der Waals surface area contributed by atoms with Gasteiger partial charge in [-0.1, -0.05) is 29.1 Å². The Kier molecular flexibility index (Phi) is 5.57. The SMILES string of the molecule is Cc1cc(F)ccc1NC(=O)CCc1nc(CSc2nc3ccccc3[nH]2)no1. The summed E-state index contributed by atoms with van der Waals surface area (Å²) in [6.45, 7) is 1.74. The number of nitrogens with zero attached hydrogens (tertiary/aromatic N) is 3. The normalized spacial score (nSPS) is 11.1. The summed E-state index contributed by atoms with van der Waals surface area (Å²) in [6.07, 6.45) is 0.517. The predicted octanol–water partition coefficient (Wildman–Crippen LogP) is 4.26. The zero-order valence-electron chi connectivity index (χ0n) is 15.6. The molecule has 0 radical (unpaired) electrons. The molecule has 0 aliphatic rings. The first-order valence-electron chi connectivity index (χ1n) is 9.02. The third kappa shape index (κ3) is 4.80. The van der Waals surface area contributed by atoms with Crippen LogP contribution >= 0.6 is 11.8 Å². The number of hydrogen-bond acceptors (Lipinski definition) is 6. The van der Waals surface area contributed by atoms with Gasteiger partial charge in [-0.05, 0) is 42.8 Å². The fourth-order valence-electron chi connectivity index (χ4n) is 2.78. The summed E-state index contributed by atoms with van der Waals surface area (Å²) in [6, 6.07) is 12.0. The van der Waals surface area contributed by atoms with Crippen LogP contribution in [-0.4, -0.2) is 26.0 Å². The molecule has 0 saturated carbocycles. The molecule has 0 spiro atoms. The fraction of sp³-hybridized carbons (Fsp3) is 0.200. The minimum atomic E-state index is -0.334. The number of hydrogen-bond donors (Lipinski definition) is 2. The lowest BCUT2D eigenvalue weighted by molar-refractivity contribution is -0.116. The number of anilines is 1. The number of nitrogens with one attached hydrogen (secondary N) is 2. The van der Waals surface area contributed by atoms with Gasteiger partial charge in [-0.15, -0.1) is 0 Å². The number of carbonyl (C=O) groups excluding carboxylic acids is 1. The van der Waals surface area contributed by atoms with Crippen LogP contribution in [0.15, 0.2) is 52.1 Å². The van der Waals surface area contributed by atoms with Gasteiger partial charge >= 0.3 is 0 Å². The Morgan fingerprint density at radius 1 is 1.24 bits per heavy atom. The Balaban J connectivity index is 1.28. The molecule has 0 bridgehead atoms. The number of aromatic nitrogens is 4. The number of halogens is 1. The number of thioether (sulfide) groups is 1. The van der Waals surface area contributed by atoms with E-state index in [1.165, 1.54) is 23.9 Å². The second kappa shape index (κ2) is 8.44. The number of rotatable bonds is 7. The smallest absolute Gasteiger partial charge is 0.227 e. The Morgan fingerprint density at radius 2 is 2.10 bits per heavy atom. The number of fused-ring (bicyclic) bond motifs is 1. The van der Waals surface area contributed by atoms with E-state index in [-0.39, 0.29) is 18.1 Å². The summed E-state index contributed by atoms with van der Waals surface area (Å²) in [4.78, 5) is 24.2. The quantitative estimate of drug-likeness (QED) is 0.441. The molecule has 9 heteroatoms. The molecule has 0 fully saturated rings. The maximum atomic E-state index is 13.1. The lowest BCUT2D eigenvalue weighted by Crippen LogP contribution is -2.13. The number of amides is 1. The molecule has 2 N–H and O–H groups in total. The molecule has 0 saturated heterocycles. The van der Waals surface area contributed by atoms with Gasteiger partial charge in [-0.25, -0.2) is 9.37 Å². The van der Waals surface area contributed by atoms with Crippen molar-refractivity contribution in [1.29, 1.82) is 0 Å². The Bertz CT molecular complexity index is 1120. The number of H-pyrrole nitrogens is 1. The lowest BCUT2D eigenvalue weighted by Gasteiger charge is -2.07. The summed E-state index contributed by atoms with van der Waals surface area (Å²) in [5, 5.41) is 7.49. The van der Waals surface area contributed by atoms with E-state index in [2.05, 4.69) is 25.4 Å². The van der Waals surface area contributed by atoms with E-state index in [1.54, 1.807) is 13.0 Å². The van der Waals surface area contributed by atoms with E-state index in [4.69, 9.17) is 4.52 Å². The molecule has 29 heavy (non-hydrogen) atoms. The van der Waals surface area contributed by atoms with Crippen molar-refractivity contribution in [1.82, 2.24) is 20.1 Å². The molecule has 1 amide bonds. The van der Waals surface area contributed by atoms with E-state index >= 15 is 0 Å². The van der Waals surface area contributed by atoms with Crippen LogP contribution in [0.4, 0.5) is 10.1 Å². The molecule has 0 aliphatic heterocycles. The van der Waals surface area contributed by atoms with Gasteiger partial charge in [-0.2, -0.15) is 4.98 Å². The summed E-state index contributed by atoms with van der Waals surface area (Å²) >= 11 is 1.48. The van der Waals surface area contributed by atoms with Gasteiger partial charge in [-0.3, -0.25) is 4.79 Å². The number of benzene rings is 2. The highest BCUT2D eigenvalue weighted by Crippen LogP contribution is 2.22. The first-order chi connectivity index (χ1) is 14.1. The number of imidazole rings is 1. The van der Waals surface area contributed by atoms with Gasteiger partial charge in [0.15, 0.2) is 11.0 Å². The number of carbonyl (C=O) groups is 1. The van der Waals surface area contributed by atoms with Crippen LogP contribution in [0.1, 0.15) is 23.7 Å². The monoisotopic (exact) mass is 411 g/mol. The molecule has 2 aromatic carbocycles. The predicted molar refractivity (Wildman–Crippen MR) is 108 cm³/mol. The third-order valence-corrected chi connectivity index (χ3v) is 5.11. The van der Waals surface area contributed by atoms with Gasteiger partial charge in [0.1, 0.15) is 5.82 Å². The largest absolute Gasteiger partial charge is 0.339 e. The zero-order valence-corrected chi connectivity index (χ0v) is 16.4. The highest BCUT2D eigenvalue weighted by Gasteiger charge is 2.12. The van der Waals surface area contributed by atoms with Crippen molar-refractivity contribution >= 4 is 34.4 Å². The molecule has 2 aromatic heterocycles. The van der Waals surface area contributed by atoms with Gasteiger partial charge in [0.05, 0.1) is 16.8 Å². The van der Waals surface area contributed by atoms with Crippen LogP contribution in [0.3, 0.4) is 0 Å². The Morgan fingerprint density at radius 3 is 2.93 bits per heavy atom. The standard InChI is InChI=1S/C20H18FN5O2S/c1-12-10-13(21)6-7-14(12)22-18(27)8-9-19-25-17(26-28-19)11-29-20-23-15-4-2-3-5-16(15)24-20/h2-7,10H,8-9,11H2,1H3,(H,22,27)(H,23,24). The minimum absolute atomic E-state index is 0.190. The molecule has 4 rings (SSSR count). The van der Waals surface area contributed by atoms with Crippen molar-refractivity contribution in [2.75, 3.05) is 5.32 Å². The van der Waals surface area contributed by atoms with Gasteiger partial charge < -0.3 is 14.8 Å². The van der Waals surface area contributed by atoms with Crippen molar-refractivity contribution in [2.45, 2.75) is 30.7 Å². The minimum Gasteiger partial charge on any atom is -0.339 e. The molecule has 2 heterocycles. The van der Waals surface area contributed by atoms with E-state index in [0.717, 1.165) is 16.2 Å². The van der Waals surface area contributed by atoms with Crippen molar-refractivity contribution in [3.63, 3.8) is 0 Å². The van der Waals surface area contributed by atoms with Crippen LogP contribution in [0.2, 0.25) is 0 Å². The summed E-state index contributed by atoms with van der Waals surface area (Å²) < 4.78 is 18.4. The maximum Gasteiger partial charge on any atom is 0.227 e. The second-order valence-corrected chi connectivity index (χ2v) is 7.42. The van der Waals surface area contributed by atoms with Crippen molar-refractivity contribution in [3.05, 3.63) is 65.6 Å². The Hall–Kier alpha value is -3.20. The fourth-order valence-corrected chi connectivity index (χ4v) is 3.51. The molecule has 0 atom stereocenters. The van der Waals surface area contributed by atoms with E-state index in [1.807, 2.05) is 24.3 Å². The Labute approximate surface area is 170 Å². The van der Waals surface area contributed by atoms with E-state index < -0.39 is 0 Å². The molecular formula is C20H18FN5O2S. The average Bonchev–Trinajstić information content (AvgIpc) is 3.33. The average molecular weight is 411 g/mol. The third-order valence-electron chi connectivity index (χ3n) is 4.24. The lowest BCUT2D eigenvalue weighted by atomic mass is 10.2. The van der Waals surface area contributed by atoms with Crippen molar-refractivity contribution in [2.24, 2.45) is 0 Å². The van der Waals surface area contributed by atoms with Gasteiger partial charge in [0.2, 0.25) is 11.8 Å². The van der Waals surface area contributed by atoms with E-state index in [0.29, 0.717) is 35.1 Å². The highest BCUT2D eigenvalue weighted by molar-refractivity contribution is 7.98. The van der Waals surface area contributed by atoms with Crippen LogP contribution in [0, 0.1) is 12.7 Å². The molecular weight excluding hydrogens is 393 g/mol. The zero-order chi connectivity index (χ0) is 20.2. The second-order valence-electron chi connectivity index (χ2n) is 6.46. The topological polar surface area (TPSA) is 96.7 Å².